The van der Waals surface area contributed by atoms with Crippen molar-refractivity contribution in [3.8, 4) is 0 Å². The minimum absolute atomic E-state index is 0.00928. The average molecular weight is 511 g/mol. The molecule has 0 aromatic carbocycles. The maximum Gasteiger partial charge on any atom is 0.306 e. The zero-order valence-corrected chi connectivity index (χ0v) is 24.7. The number of cyclic esters (lactones) is 1. The van der Waals surface area contributed by atoms with E-state index < -0.39 is 37.6 Å². The number of hydrogen-bond acceptors (Lipinski definition) is 5. The van der Waals surface area contributed by atoms with Crippen molar-refractivity contribution < 1.29 is 27.9 Å². The maximum atomic E-state index is 14.5. The van der Waals surface area contributed by atoms with Crippen molar-refractivity contribution in [1.82, 2.24) is 0 Å². The molecule has 200 valence electrons. The molecule has 0 saturated carbocycles. The first kappa shape index (κ1) is 31.4. The van der Waals surface area contributed by atoms with E-state index in [2.05, 4.69) is 33.9 Å². The van der Waals surface area contributed by atoms with Gasteiger partial charge < -0.3 is 9.16 Å². The lowest BCUT2D eigenvalue weighted by Crippen LogP contribution is -2.50. The molecule has 1 aliphatic rings. The first-order chi connectivity index (χ1) is 15.8. The third-order valence-electron chi connectivity index (χ3n) is 8.03. The van der Waals surface area contributed by atoms with Gasteiger partial charge in [0.2, 0.25) is 0 Å². The van der Waals surface area contributed by atoms with Gasteiger partial charge in [0.05, 0.1) is 11.9 Å². The Morgan fingerprint density at radius 3 is 2.26 bits per heavy atom. The lowest BCUT2D eigenvalue weighted by molar-refractivity contribution is -0.156. The number of Topliss-reactive ketones (excluding diaryl/α,β-unsaturated/α-hetero) is 2. The molecule has 0 saturated heterocycles. The quantitative estimate of drug-likeness (QED) is 0.233. The van der Waals surface area contributed by atoms with Crippen molar-refractivity contribution in [2.24, 2.45) is 23.2 Å². The summed E-state index contributed by atoms with van der Waals surface area (Å²) in [5, 5.41) is -0.0386. The number of carbonyl (C=O) groups excluding carboxylic acids is 3. The minimum Gasteiger partial charge on any atom is -0.454 e. The molecule has 0 aliphatic carbocycles. The van der Waals surface area contributed by atoms with E-state index in [9.17, 15) is 18.8 Å². The van der Waals surface area contributed by atoms with E-state index in [1.807, 2.05) is 40.7 Å². The predicted octanol–water partition coefficient (Wildman–Crippen LogP) is 6.97. The molecule has 0 bridgehead atoms. The number of carbonyl (C=O) groups is 3. The normalized spacial score (nSPS) is 32.3. The van der Waals surface area contributed by atoms with E-state index in [4.69, 9.17) is 9.16 Å². The van der Waals surface area contributed by atoms with Gasteiger partial charge >= 0.3 is 5.97 Å². The second-order valence-corrected chi connectivity index (χ2v) is 17.0. The monoisotopic (exact) mass is 510 g/mol. The van der Waals surface area contributed by atoms with Crippen LogP contribution in [0.4, 0.5) is 4.39 Å². The van der Waals surface area contributed by atoms with Crippen LogP contribution in [0.5, 0.6) is 0 Å². The summed E-state index contributed by atoms with van der Waals surface area (Å²) in [5.74, 6) is -2.16. The molecule has 0 spiro atoms. The molecule has 0 radical (unpaired) electrons. The highest BCUT2D eigenvalue weighted by Crippen LogP contribution is 2.41. The number of allylic oxidation sites excluding steroid dienone is 2. The number of hydrogen-bond donors (Lipinski definition) is 0. The molecule has 0 aromatic rings. The predicted molar refractivity (Wildman–Crippen MR) is 141 cm³/mol. The summed E-state index contributed by atoms with van der Waals surface area (Å²) < 4.78 is 26.6. The second-order valence-electron chi connectivity index (χ2n) is 12.3. The molecule has 5 atom stereocenters. The highest BCUT2D eigenvalue weighted by Gasteiger charge is 2.45. The van der Waals surface area contributed by atoms with Gasteiger partial charge in [-0.25, -0.2) is 4.39 Å². The Labute approximate surface area is 213 Å². The fourth-order valence-electron chi connectivity index (χ4n) is 3.99. The summed E-state index contributed by atoms with van der Waals surface area (Å²) in [6.07, 6.45) is 3.59. The average Bonchev–Trinajstić information content (AvgIpc) is 2.71. The van der Waals surface area contributed by atoms with E-state index >= 15 is 0 Å². The first-order valence-electron chi connectivity index (χ1n) is 12.7. The first-order valence-corrected chi connectivity index (χ1v) is 15.6. The molecule has 1 heterocycles. The smallest absolute Gasteiger partial charge is 0.306 e. The fraction of sp³-hybridized carbons (Fsp3) is 0.750. The van der Waals surface area contributed by atoms with Crippen LogP contribution in [-0.4, -0.2) is 38.1 Å². The Kier molecular flexibility index (Phi) is 10.9. The summed E-state index contributed by atoms with van der Waals surface area (Å²) in [7, 11) is -2.21. The standard InChI is InChI=1S/C28H47FO5Si/c1-18-13-12-14-22(29)15-16-23(21(4)30)33-24(31)17-19(2)28(8,9)26(32)20(3)25(18)34-35(10,11)27(5,6)7/h12-13,15,18-20,23,25H,14,16-17H2,1-11H3/b13-12+,22-15+/t18-,19-,20+,23-,25?/m0/s1. The van der Waals surface area contributed by atoms with Crippen LogP contribution in [0.25, 0.3) is 0 Å². The summed E-state index contributed by atoms with van der Waals surface area (Å²) >= 11 is 0. The van der Waals surface area contributed by atoms with Crippen LogP contribution in [-0.2, 0) is 23.5 Å². The molecule has 5 nitrogen and oxygen atoms in total. The Morgan fingerprint density at radius 2 is 1.74 bits per heavy atom. The van der Waals surface area contributed by atoms with E-state index in [1.54, 1.807) is 6.08 Å². The van der Waals surface area contributed by atoms with Crippen molar-refractivity contribution in [3.05, 3.63) is 24.1 Å². The molecule has 0 aromatic heterocycles. The largest absolute Gasteiger partial charge is 0.454 e. The number of esters is 1. The van der Waals surface area contributed by atoms with Gasteiger partial charge in [0.1, 0.15) is 5.78 Å². The minimum atomic E-state index is -2.21. The van der Waals surface area contributed by atoms with Gasteiger partial charge in [-0.05, 0) is 43.0 Å². The molecule has 1 unspecified atom stereocenters. The summed E-state index contributed by atoms with van der Waals surface area (Å²) in [4.78, 5) is 38.4. The summed E-state index contributed by atoms with van der Waals surface area (Å²) in [5.41, 5.74) is -0.814. The Morgan fingerprint density at radius 1 is 1.17 bits per heavy atom. The van der Waals surface area contributed by atoms with Gasteiger partial charge in [0, 0.05) is 30.6 Å². The van der Waals surface area contributed by atoms with Crippen LogP contribution in [0.3, 0.4) is 0 Å². The van der Waals surface area contributed by atoms with Crippen LogP contribution < -0.4 is 0 Å². The highest BCUT2D eigenvalue weighted by molar-refractivity contribution is 6.74. The van der Waals surface area contributed by atoms with Gasteiger partial charge in [-0.1, -0.05) is 67.5 Å². The van der Waals surface area contributed by atoms with Crippen molar-refractivity contribution in [2.75, 3.05) is 0 Å². The summed E-state index contributed by atoms with van der Waals surface area (Å²) in [6.45, 7) is 21.6. The maximum absolute atomic E-state index is 14.5. The fourth-order valence-corrected chi connectivity index (χ4v) is 5.45. The topological polar surface area (TPSA) is 69.7 Å². The molecule has 0 fully saturated rings. The van der Waals surface area contributed by atoms with Gasteiger partial charge in [0.15, 0.2) is 20.2 Å². The van der Waals surface area contributed by atoms with Crippen LogP contribution >= 0.6 is 0 Å². The lowest BCUT2D eigenvalue weighted by Gasteiger charge is -2.43. The number of ketones is 2. The van der Waals surface area contributed by atoms with Gasteiger partial charge in [-0.2, -0.15) is 0 Å². The van der Waals surface area contributed by atoms with Gasteiger partial charge in [-0.15, -0.1) is 0 Å². The van der Waals surface area contributed by atoms with E-state index in [0.29, 0.717) is 0 Å². The van der Waals surface area contributed by atoms with Crippen LogP contribution in [0, 0.1) is 23.2 Å². The Bertz CT molecular complexity index is 837. The molecule has 0 amide bonds. The third kappa shape index (κ3) is 8.48. The zero-order valence-electron chi connectivity index (χ0n) is 23.7. The Hall–Kier alpha value is -1.60. The lowest BCUT2D eigenvalue weighted by atomic mass is 9.69. The third-order valence-corrected chi connectivity index (χ3v) is 12.5. The molecule has 1 aliphatic heterocycles. The molecule has 35 heavy (non-hydrogen) atoms. The highest BCUT2D eigenvalue weighted by atomic mass is 28.4. The van der Waals surface area contributed by atoms with Crippen LogP contribution in [0.1, 0.15) is 81.6 Å². The van der Waals surface area contributed by atoms with Gasteiger partial charge in [0.25, 0.3) is 0 Å². The molecular formula is C28H47FO5Si. The molecule has 1 rings (SSSR count). The van der Waals surface area contributed by atoms with E-state index in [-0.39, 0.29) is 53.8 Å². The van der Waals surface area contributed by atoms with Crippen molar-refractivity contribution >= 4 is 25.9 Å². The Balaban J connectivity index is 3.47. The SMILES string of the molecule is CC(=O)[C@@H]1C/C=C(/F)C/C=C/[C@H](C)C(O[Si](C)(C)C(C)(C)C)[C@@H](C)C(=O)C(C)(C)[C@@H](C)CC(=O)O1. The van der Waals surface area contributed by atoms with Crippen LogP contribution in [0.15, 0.2) is 24.1 Å². The van der Waals surface area contributed by atoms with Crippen molar-refractivity contribution in [2.45, 2.75) is 112 Å². The van der Waals surface area contributed by atoms with E-state index in [0.717, 1.165) is 0 Å². The zero-order chi connectivity index (χ0) is 27.4. The number of halogens is 1. The molecular weight excluding hydrogens is 463 g/mol. The van der Waals surface area contributed by atoms with E-state index in [1.165, 1.54) is 13.0 Å². The molecule has 7 heteroatoms. The summed E-state index contributed by atoms with van der Waals surface area (Å²) in [6, 6.07) is 0. The second kappa shape index (κ2) is 12.1. The molecule has 0 N–H and O–H groups in total. The van der Waals surface area contributed by atoms with Crippen LogP contribution in [0.2, 0.25) is 18.1 Å². The van der Waals surface area contributed by atoms with Crippen molar-refractivity contribution in [1.29, 1.82) is 0 Å². The number of rotatable bonds is 3. The van der Waals surface area contributed by atoms with Gasteiger partial charge in [-0.3, -0.25) is 14.4 Å². The number of ether oxygens (including phenoxy) is 1. The van der Waals surface area contributed by atoms with Crippen molar-refractivity contribution in [3.63, 3.8) is 0 Å².